The number of alkyl halides is 9. The summed E-state index contributed by atoms with van der Waals surface area (Å²) < 4.78 is 118. The number of rotatable bonds is 17. The molecule has 1 aliphatic heterocycles. The first-order valence-electron chi connectivity index (χ1n) is 15.5. The lowest BCUT2D eigenvalue weighted by molar-refractivity contribution is -0.396. The van der Waals surface area contributed by atoms with Gasteiger partial charge in [-0.15, -0.1) is 11.8 Å². The average molecular weight is 703 g/mol. The van der Waals surface area contributed by atoms with Gasteiger partial charge in [-0.05, 0) is 67.0 Å². The van der Waals surface area contributed by atoms with Crippen LogP contribution in [0, 0.1) is 5.92 Å². The number of unbranched alkanes of at least 4 members (excludes halogenated alkanes) is 5. The van der Waals surface area contributed by atoms with Crippen LogP contribution in [-0.2, 0) is 10.2 Å². The molecule has 3 unspecified atom stereocenters. The van der Waals surface area contributed by atoms with Crippen LogP contribution in [-0.4, -0.2) is 51.0 Å². The zero-order valence-corrected chi connectivity index (χ0v) is 26.6. The molecule has 2 aromatic rings. The maximum absolute atomic E-state index is 13.9. The number of phenolic OH excluding ortho intramolecular Hbond substituents is 2. The Morgan fingerprint density at radius 1 is 0.830 bits per heavy atom. The van der Waals surface area contributed by atoms with E-state index in [2.05, 4.69) is 6.92 Å². The summed E-state index contributed by atoms with van der Waals surface area (Å²) >= 11 is 1.68. The number of benzene rings is 2. The lowest BCUT2D eigenvalue weighted by Gasteiger charge is -2.45. The highest BCUT2D eigenvalue weighted by Gasteiger charge is 2.81. The average Bonchev–Trinajstić information content (AvgIpc) is 2.99. The molecule has 0 aromatic heterocycles. The molecule has 0 aliphatic carbocycles. The first-order valence-corrected chi connectivity index (χ1v) is 16.5. The van der Waals surface area contributed by atoms with E-state index in [9.17, 15) is 59.6 Å². The summed E-state index contributed by atoms with van der Waals surface area (Å²) in [6, 6.07) is 12.6. The van der Waals surface area contributed by atoms with Crippen LogP contribution in [0.1, 0.15) is 94.6 Å². The molecule has 47 heavy (non-hydrogen) atoms. The van der Waals surface area contributed by atoms with Gasteiger partial charge < -0.3 is 15.3 Å². The molecule has 264 valence electrons. The fraction of sp³-hybridized carbons (Fsp3) is 0.606. The highest BCUT2D eigenvalue weighted by Crippen LogP contribution is 2.56. The Balaban J connectivity index is 1.52. The minimum atomic E-state index is -6.99. The third-order valence-corrected chi connectivity index (χ3v) is 10.6. The van der Waals surface area contributed by atoms with Crippen molar-refractivity contribution in [2.24, 2.45) is 5.92 Å². The van der Waals surface area contributed by atoms with Gasteiger partial charge in [-0.25, -0.2) is 0 Å². The fourth-order valence-electron chi connectivity index (χ4n) is 6.36. The summed E-state index contributed by atoms with van der Waals surface area (Å²) in [6.07, 6.45) is -5.01. The molecule has 2 aromatic carbocycles. The van der Waals surface area contributed by atoms with E-state index >= 15 is 0 Å². The topological polar surface area (TPSA) is 77.8 Å². The van der Waals surface area contributed by atoms with Crippen molar-refractivity contribution in [3.8, 4) is 11.5 Å². The summed E-state index contributed by atoms with van der Waals surface area (Å²) in [5, 5.41) is 29.2. The minimum Gasteiger partial charge on any atom is -0.508 e. The molecular formula is C33H39F9O4S. The Kier molecular flexibility index (Phi) is 12.5. The number of fused-ring (bicyclic) bond motifs is 1. The van der Waals surface area contributed by atoms with Gasteiger partial charge in [0.2, 0.25) is 0 Å². The van der Waals surface area contributed by atoms with Gasteiger partial charge in [0, 0.05) is 22.5 Å². The Morgan fingerprint density at radius 2 is 1.40 bits per heavy atom. The lowest BCUT2D eigenvalue weighted by atomic mass is 9.65. The largest absolute Gasteiger partial charge is 0.508 e. The van der Waals surface area contributed by atoms with Gasteiger partial charge in [-0.2, -0.15) is 39.5 Å². The highest BCUT2D eigenvalue weighted by molar-refractivity contribution is 7.99. The van der Waals surface area contributed by atoms with Crippen molar-refractivity contribution in [1.82, 2.24) is 0 Å². The number of hydrogen-bond donors (Lipinski definition) is 3. The summed E-state index contributed by atoms with van der Waals surface area (Å²) in [5.41, 5.74) is 2.04. The molecule has 0 fully saturated rings. The van der Waals surface area contributed by atoms with E-state index < -0.39 is 48.7 Å². The molecule has 0 saturated heterocycles. The van der Waals surface area contributed by atoms with Crippen LogP contribution in [0.25, 0.3) is 0 Å². The summed E-state index contributed by atoms with van der Waals surface area (Å²) in [7, 11) is 0. The van der Waals surface area contributed by atoms with Gasteiger partial charge in [-0.1, -0.05) is 63.6 Å². The van der Waals surface area contributed by atoms with Crippen molar-refractivity contribution >= 4 is 17.7 Å². The number of carbonyl (C=O) groups is 1. The number of carboxylic acid groups (broad SMARTS) is 1. The molecule has 0 radical (unpaired) electrons. The summed E-state index contributed by atoms with van der Waals surface area (Å²) in [4.78, 5) is 12.5. The SMILES string of the molecule is CCC1(c2ccc(O)cc2)CSc2cc(O)ccc2C1CCCCCCCCC(CCC(F)(F)C(F)(F)C(F)(F)C(F)(F)F)C(=O)O. The highest BCUT2D eigenvalue weighted by atomic mass is 32.2. The van der Waals surface area contributed by atoms with Gasteiger partial charge in [-0.3, -0.25) is 4.79 Å². The summed E-state index contributed by atoms with van der Waals surface area (Å²) in [6.45, 7) is 2.13. The van der Waals surface area contributed by atoms with Crippen molar-refractivity contribution in [2.45, 2.75) is 118 Å². The van der Waals surface area contributed by atoms with E-state index in [-0.39, 0.29) is 35.7 Å². The van der Waals surface area contributed by atoms with Gasteiger partial charge in [0.15, 0.2) is 0 Å². The fourth-order valence-corrected chi connectivity index (χ4v) is 7.93. The van der Waals surface area contributed by atoms with Crippen molar-refractivity contribution in [3.63, 3.8) is 0 Å². The van der Waals surface area contributed by atoms with Gasteiger partial charge >= 0.3 is 29.9 Å². The third kappa shape index (κ3) is 8.45. The van der Waals surface area contributed by atoms with Crippen molar-refractivity contribution in [2.75, 3.05) is 5.75 Å². The van der Waals surface area contributed by atoms with Gasteiger partial charge in [0.1, 0.15) is 11.5 Å². The first-order chi connectivity index (χ1) is 21.8. The quantitative estimate of drug-likeness (QED) is 0.113. The second-order valence-corrected chi connectivity index (χ2v) is 13.3. The molecule has 4 nitrogen and oxygen atoms in total. The number of aliphatic carboxylic acids is 1. The van der Waals surface area contributed by atoms with E-state index in [1.54, 1.807) is 36.0 Å². The normalized spacial score (nSPS) is 19.7. The Labute approximate surface area is 271 Å². The lowest BCUT2D eigenvalue weighted by Crippen LogP contribution is -2.60. The van der Waals surface area contributed by atoms with Crippen LogP contribution in [0.3, 0.4) is 0 Å². The molecule has 0 saturated carbocycles. The first kappa shape index (κ1) is 38.7. The predicted molar refractivity (Wildman–Crippen MR) is 160 cm³/mol. The maximum atomic E-state index is 13.9. The number of hydrogen-bond acceptors (Lipinski definition) is 4. The zero-order valence-electron chi connectivity index (χ0n) is 25.7. The van der Waals surface area contributed by atoms with Crippen molar-refractivity contribution < 1.29 is 59.6 Å². The third-order valence-electron chi connectivity index (χ3n) is 9.26. The molecular weight excluding hydrogens is 663 g/mol. The van der Waals surface area contributed by atoms with Crippen LogP contribution in [0.15, 0.2) is 47.4 Å². The number of carboxylic acids is 1. The Morgan fingerprint density at radius 3 is 1.98 bits per heavy atom. The second-order valence-electron chi connectivity index (χ2n) is 12.2. The number of phenols is 2. The molecule has 3 rings (SSSR count). The number of thioether (sulfide) groups is 1. The van der Waals surface area contributed by atoms with E-state index in [1.807, 2.05) is 18.2 Å². The second kappa shape index (κ2) is 15.2. The van der Waals surface area contributed by atoms with E-state index in [4.69, 9.17) is 0 Å². The van der Waals surface area contributed by atoms with Crippen LogP contribution in [0.2, 0.25) is 0 Å². The molecule has 0 spiro atoms. The summed E-state index contributed by atoms with van der Waals surface area (Å²) in [5.74, 6) is -21.5. The smallest absolute Gasteiger partial charge is 0.460 e. The van der Waals surface area contributed by atoms with E-state index in [1.165, 1.54) is 0 Å². The maximum Gasteiger partial charge on any atom is 0.460 e. The monoisotopic (exact) mass is 702 g/mol. The molecule has 0 bridgehead atoms. The minimum absolute atomic E-state index is 0.131. The molecule has 0 amide bonds. The Hall–Kier alpha value is -2.77. The standard InChI is InChI=1S/C33H39F9O4S/c1-2-29(22-11-13-23(43)14-12-22)20-47-27-19-24(44)15-16-25(27)26(29)10-8-6-4-3-5-7-9-21(28(45)46)17-18-30(34,35)31(36,37)32(38,39)33(40,41)42/h11-16,19,21,26,43-44H,2-10,17-18,20H2,1H3,(H,45,46). The van der Waals surface area contributed by atoms with Crippen LogP contribution < -0.4 is 0 Å². The molecule has 3 atom stereocenters. The van der Waals surface area contributed by atoms with Gasteiger partial charge in [0.25, 0.3) is 0 Å². The molecule has 1 aliphatic rings. The van der Waals surface area contributed by atoms with Crippen molar-refractivity contribution in [1.29, 1.82) is 0 Å². The number of aromatic hydroxyl groups is 2. The van der Waals surface area contributed by atoms with Gasteiger partial charge in [0.05, 0.1) is 5.92 Å². The van der Waals surface area contributed by atoms with Crippen LogP contribution in [0.4, 0.5) is 39.5 Å². The van der Waals surface area contributed by atoms with Crippen molar-refractivity contribution in [3.05, 3.63) is 53.6 Å². The van der Waals surface area contributed by atoms with E-state index in [0.717, 1.165) is 53.9 Å². The van der Waals surface area contributed by atoms with Crippen LogP contribution >= 0.6 is 11.8 Å². The van der Waals surface area contributed by atoms with E-state index in [0.29, 0.717) is 12.8 Å². The molecule has 1 heterocycles. The van der Waals surface area contributed by atoms with Crippen LogP contribution in [0.5, 0.6) is 11.5 Å². The predicted octanol–water partition coefficient (Wildman–Crippen LogP) is 10.7. The zero-order chi connectivity index (χ0) is 35.3. The molecule has 14 heteroatoms. The number of halogens is 9. The molecule has 3 N–H and O–H groups in total. The Bertz CT molecular complexity index is 1330.